The molecule has 1 unspecified atom stereocenters. The Morgan fingerprint density at radius 3 is 2.12 bits per heavy atom. The minimum absolute atomic E-state index is 0.209. The number of nitrogens with zero attached hydrogens (tertiary/aromatic N) is 1. The Morgan fingerprint density at radius 1 is 1.12 bits per heavy atom. The summed E-state index contributed by atoms with van der Waals surface area (Å²) in [6, 6.07) is 2.69. The van der Waals surface area contributed by atoms with Crippen LogP contribution in [0.4, 0.5) is 18.0 Å². The minimum atomic E-state index is -4.46. The molecular formula is C17H20F3NO4. The second-order valence-corrected chi connectivity index (χ2v) is 6.95. The summed E-state index contributed by atoms with van der Waals surface area (Å²) in [6.45, 7) is 4.97. The fourth-order valence-corrected chi connectivity index (χ4v) is 2.84. The van der Waals surface area contributed by atoms with Gasteiger partial charge in [-0.1, -0.05) is 12.1 Å². The van der Waals surface area contributed by atoms with E-state index in [-0.39, 0.29) is 6.42 Å². The fourth-order valence-electron chi connectivity index (χ4n) is 2.84. The lowest BCUT2D eigenvalue weighted by Gasteiger charge is -2.31. The van der Waals surface area contributed by atoms with E-state index in [1.54, 1.807) is 20.8 Å². The van der Waals surface area contributed by atoms with Gasteiger partial charge in [-0.05, 0) is 51.3 Å². The van der Waals surface area contributed by atoms with Gasteiger partial charge >= 0.3 is 18.2 Å². The van der Waals surface area contributed by atoms with Gasteiger partial charge in [0.05, 0.1) is 11.6 Å². The molecule has 1 aromatic rings. The van der Waals surface area contributed by atoms with Gasteiger partial charge < -0.3 is 9.84 Å². The molecule has 5 nitrogen and oxygen atoms in total. The van der Waals surface area contributed by atoms with Crippen LogP contribution >= 0.6 is 0 Å². The van der Waals surface area contributed by atoms with E-state index < -0.39 is 41.5 Å². The highest BCUT2D eigenvalue weighted by Gasteiger charge is 2.43. The number of hydrogen-bond acceptors (Lipinski definition) is 3. The highest BCUT2D eigenvalue weighted by molar-refractivity contribution is 5.81. The molecule has 8 heteroatoms. The molecule has 1 aromatic carbocycles. The number of carbonyl (C=O) groups excluding carboxylic acids is 1. The Bertz CT molecular complexity index is 649. The molecule has 25 heavy (non-hydrogen) atoms. The number of carboxylic acids is 1. The van der Waals surface area contributed by atoms with Gasteiger partial charge in [-0.15, -0.1) is 0 Å². The van der Waals surface area contributed by atoms with E-state index in [9.17, 15) is 27.9 Å². The van der Waals surface area contributed by atoms with Gasteiger partial charge in [-0.3, -0.25) is 4.90 Å². The number of hydrogen-bond donors (Lipinski definition) is 1. The zero-order valence-corrected chi connectivity index (χ0v) is 14.1. The molecule has 0 radical (unpaired) electrons. The summed E-state index contributed by atoms with van der Waals surface area (Å²) in [4.78, 5) is 25.0. The van der Waals surface area contributed by atoms with E-state index in [4.69, 9.17) is 4.74 Å². The van der Waals surface area contributed by atoms with Crippen molar-refractivity contribution in [2.45, 2.75) is 57.5 Å². The first kappa shape index (κ1) is 19.1. The van der Waals surface area contributed by atoms with Gasteiger partial charge in [0.25, 0.3) is 0 Å². The first-order chi connectivity index (χ1) is 11.4. The van der Waals surface area contributed by atoms with Gasteiger partial charge in [0, 0.05) is 0 Å². The largest absolute Gasteiger partial charge is 0.480 e. The maximum Gasteiger partial charge on any atom is 0.416 e. The molecule has 2 atom stereocenters. The Morgan fingerprint density at radius 2 is 1.68 bits per heavy atom. The van der Waals surface area contributed by atoms with Gasteiger partial charge in [-0.2, -0.15) is 13.2 Å². The van der Waals surface area contributed by atoms with Crippen LogP contribution in [0, 0.1) is 0 Å². The number of aliphatic carboxylic acids is 1. The van der Waals surface area contributed by atoms with Gasteiger partial charge in [0.2, 0.25) is 0 Å². The van der Waals surface area contributed by atoms with Crippen molar-refractivity contribution in [3.05, 3.63) is 35.4 Å². The molecule has 138 valence electrons. The van der Waals surface area contributed by atoms with Crippen molar-refractivity contribution in [3.8, 4) is 0 Å². The average molecular weight is 359 g/mol. The molecule has 1 amide bonds. The highest BCUT2D eigenvalue weighted by Crippen LogP contribution is 2.38. The number of carboxylic acid groups (broad SMARTS) is 1. The maximum absolute atomic E-state index is 12.7. The third-order valence-electron chi connectivity index (χ3n) is 3.90. The lowest BCUT2D eigenvalue weighted by Crippen LogP contribution is -2.44. The summed E-state index contributed by atoms with van der Waals surface area (Å²) in [5.74, 6) is -1.17. The minimum Gasteiger partial charge on any atom is -0.480 e. The van der Waals surface area contributed by atoms with Crippen molar-refractivity contribution < 1.29 is 32.6 Å². The number of ether oxygens (including phenoxy) is 1. The standard InChI is InChI=1S/C17H20F3NO4/c1-16(2,3)25-15(24)21-12(8-9-13(21)14(22)23)10-4-6-11(7-5-10)17(18,19)20/h4-7,12-13H,8-9H2,1-3H3,(H,22,23)/t12-,13?/m0/s1. The summed E-state index contributed by atoms with van der Waals surface area (Å²) >= 11 is 0. The van der Waals surface area contributed by atoms with Crippen molar-refractivity contribution in [1.82, 2.24) is 4.90 Å². The van der Waals surface area contributed by atoms with Crippen LogP contribution in [0.15, 0.2) is 24.3 Å². The number of alkyl halides is 3. The summed E-state index contributed by atoms with van der Waals surface area (Å²) in [5, 5.41) is 9.35. The zero-order valence-electron chi connectivity index (χ0n) is 14.1. The van der Waals surface area contributed by atoms with E-state index in [1.807, 2.05) is 0 Å². The highest BCUT2D eigenvalue weighted by atomic mass is 19.4. The summed E-state index contributed by atoms with van der Waals surface area (Å²) in [7, 11) is 0. The molecule has 1 saturated heterocycles. The molecule has 0 saturated carbocycles. The molecule has 0 bridgehead atoms. The Hall–Kier alpha value is -2.25. The molecule has 2 rings (SSSR count). The van der Waals surface area contributed by atoms with Crippen LogP contribution in [0.5, 0.6) is 0 Å². The smallest absolute Gasteiger partial charge is 0.416 e. The molecule has 1 N–H and O–H groups in total. The predicted octanol–water partition coefficient (Wildman–Crippen LogP) is 4.23. The number of halogens is 3. The summed E-state index contributed by atoms with van der Waals surface area (Å²) < 4.78 is 43.4. The lowest BCUT2D eigenvalue weighted by molar-refractivity contribution is -0.142. The lowest BCUT2D eigenvalue weighted by atomic mass is 10.0. The molecule has 1 fully saturated rings. The third kappa shape index (κ3) is 4.43. The van der Waals surface area contributed by atoms with Crippen LogP contribution in [-0.4, -0.2) is 33.7 Å². The van der Waals surface area contributed by atoms with Crippen LogP contribution < -0.4 is 0 Å². The Balaban J connectivity index is 2.31. The second-order valence-electron chi connectivity index (χ2n) is 6.95. The number of benzene rings is 1. The van der Waals surface area contributed by atoms with Crippen LogP contribution in [0.2, 0.25) is 0 Å². The SMILES string of the molecule is CC(C)(C)OC(=O)N1C(C(=O)O)CC[C@H]1c1ccc(C(F)(F)F)cc1. The predicted molar refractivity (Wildman–Crippen MR) is 82.9 cm³/mol. The molecule has 1 aliphatic heterocycles. The normalized spacial score (nSPS) is 21.3. The van der Waals surface area contributed by atoms with Crippen molar-refractivity contribution in [1.29, 1.82) is 0 Å². The fraction of sp³-hybridized carbons (Fsp3) is 0.529. The molecule has 0 spiro atoms. The molecule has 1 heterocycles. The number of rotatable bonds is 2. The van der Waals surface area contributed by atoms with Gasteiger partial charge in [0.1, 0.15) is 11.6 Å². The van der Waals surface area contributed by atoms with Crippen LogP contribution in [-0.2, 0) is 15.7 Å². The quantitative estimate of drug-likeness (QED) is 0.858. The first-order valence-corrected chi connectivity index (χ1v) is 7.81. The topological polar surface area (TPSA) is 66.8 Å². The van der Waals surface area contributed by atoms with Crippen molar-refractivity contribution in [2.75, 3.05) is 0 Å². The summed E-state index contributed by atoms with van der Waals surface area (Å²) in [5.41, 5.74) is -1.16. The Labute approximate surface area is 143 Å². The number of likely N-dealkylation sites (tertiary alicyclic amines) is 1. The number of carbonyl (C=O) groups is 2. The molecular weight excluding hydrogens is 339 g/mol. The molecule has 0 aromatic heterocycles. The van der Waals surface area contributed by atoms with Crippen LogP contribution in [0.3, 0.4) is 0 Å². The second kappa shape index (κ2) is 6.57. The van der Waals surface area contributed by atoms with Crippen molar-refractivity contribution in [2.24, 2.45) is 0 Å². The third-order valence-corrected chi connectivity index (χ3v) is 3.90. The first-order valence-electron chi connectivity index (χ1n) is 7.81. The zero-order chi connectivity index (χ0) is 19.0. The molecule has 1 aliphatic rings. The Kier molecular flexibility index (Phi) is 5.02. The van der Waals surface area contributed by atoms with Gasteiger partial charge in [0.15, 0.2) is 0 Å². The van der Waals surface area contributed by atoms with E-state index >= 15 is 0 Å². The van der Waals surface area contributed by atoms with E-state index in [0.717, 1.165) is 17.0 Å². The van der Waals surface area contributed by atoms with Crippen LogP contribution in [0.1, 0.15) is 50.8 Å². The maximum atomic E-state index is 12.7. The van der Waals surface area contributed by atoms with Gasteiger partial charge in [-0.25, -0.2) is 9.59 Å². The van der Waals surface area contributed by atoms with E-state index in [1.165, 1.54) is 12.1 Å². The molecule has 0 aliphatic carbocycles. The van der Waals surface area contributed by atoms with E-state index in [0.29, 0.717) is 12.0 Å². The number of amides is 1. The van der Waals surface area contributed by atoms with Crippen LogP contribution in [0.25, 0.3) is 0 Å². The monoisotopic (exact) mass is 359 g/mol. The average Bonchev–Trinajstić information content (AvgIpc) is 2.89. The van der Waals surface area contributed by atoms with E-state index in [2.05, 4.69) is 0 Å². The van der Waals surface area contributed by atoms with Crippen molar-refractivity contribution in [3.63, 3.8) is 0 Å². The summed E-state index contributed by atoms with van der Waals surface area (Å²) in [6.07, 6.45) is -4.70. The van der Waals surface area contributed by atoms with Crippen molar-refractivity contribution >= 4 is 12.1 Å².